The Morgan fingerprint density at radius 2 is 1.96 bits per heavy atom. The lowest BCUT2D eigenvalue weighted by atomic mass is 9.93. The zero-order valence-corrected chi connectivity index (χ0v) is 16.1. The molecule has 0 fully saturated rings. The molecule has 1 unspecified atom stereocenters. The standard InChI is InChI=1S/C22H19ClN2O3/c1-11-9-18-20(14-3-2-4-15(14)22(27)28-18)21(26)19(11)17-10-16(24-25-17)12-5-7-13(23)8-6-12/h5-9,16,24,26H,2-4,10H2,1H3. The van der Waals surface area contributed by atoms with Crippen LogP contribution in [0.25, 0.3) is 11.0 Å². The van der Waals surface area contributed by atoms with Crippen molar-refractivity contribution in [1.82, 2.24) is 5.43 Å². The molecule has 0 bridgehead atoms. The van der Waals surface area contributed by atoms with E-state index >= 15 is 0 Å². The molecule has 28 heavy (non-hydrogen) atoms. The van der Waals surface area contributed by atoms with Crippen LogP contribution >= 0.6 is 11.6 Å². The smallest absolute Gasteiger partial charge is 0.339 e. The Hall–Kier alpha value is -2.79. The van der Waals surface area contributed by atoms with Crippen LogP contribution in [0.3, 0.4) is 0 Å². The molecule has 5 rings (SSSR count). The largest absolute Gasteiger partial charge is 0.506 e. The highest BCUT2D eigenvalue weighted by Crippen LogP contribution is 2.39. The second-order valence-electron chi connectivity index (χ2n) is 7.49. The van der Waals surface area contributed by atoms with Crippen molar-refractivity contribution in [3.63, 3.8) is 0 Å². The summed E-state index contributed by atoms with van der Waals surface area (Å²) in [6.07, 6.45) is 3.05. The van der Waals surface area contributed by atoms with Gasteiger partial charge in [-0.25, -0.2) is 4.79 Å². The third-order valence-corrected chi connectivity index (χ3v) is 6.00. The number of benzene rings is 2. The van der Waals surface area contributed by atoms with Gasteiger partial charge in [0.2, 0.25) is 0 Å². The molecule has 0 spiro atoms. The Bertz CT molecular complexity index is 1200. The van der Waals surface area contributed by atoms with Crippen LogP contribution in [0.4, 0.5) is 0 Å². The zero-order chi connectivity index (χ0) is 19.4. The molecule has 6 heteroatoms. The van der Waals surface area contributed by atoms with E-state index in [4.69, 9.17) is 16.0 Å². The highest BCUT2D eigenvalue weighted by molar-refractivity contribution is 6.30. The van der Waals surface area contributed by atoms with Gasteiger partial charge in [0, 0.05) is 22.6 Å². The summed E-state index contributed by atoms with van der Waals surface area (Å²) in [6.45, 7) is 1.90. The first-order chi connectivity index (χ1) is 13.5. The average molecular weight is 395 g/mol. The van der Waals surface area contributed by atoms with Gasteiger partial charge in [0.15, 0.2) is 0 Å². The molecule has 142 valence electrons. The number of hydrazone groups is 1. The summed E-state index contributed by atoms with van der Waals surface area (Å²) in [5, 5.41) is 17.0. The predicted molar refractivity (Wildman–Crippen MR) is 109 cm³/mol. The van der Waals surface area contributed by atoms with Gasteiger partial charge in [-0.3, -0.25) is 0 Å². The maximum absolute atomic E-state index is 12.2. The molecule has 0 amide bonds. The second kappa shape index (κ2) is 6.38. The number of hydrogen-bond acceptors (Lipinski definition) is 5. The number of aromatic hydroxyl groups is 1. The van der Waals surface area contributed by atoms with Crippen molar-refractivity contribution >= 4 is 28.3 Å². The molecule has 2 aliphatic rings. The SMILES string of the molecule is Cc1cc2oc(=O)c3c(c2c(O)c1C1=NNC(c2ccc(Cl)cc2)C1)CCC3. The molecule has 2 N–H and O–H groups in total. The maximum atomic E-state index is 12.2. The highest BCUT2D eigenvalue weighted by Gasteiger charge is 2.28. The number of nitrogens with one attached hydrogen (secondary N) is 1. The van der Waals surface area contributed by atoms with Gasteiger partial charge in [-0.05, 0) is 61.1 Å². The first-order valence-corrected chi connectivity index (χ1v) is 9.80. The molecule has 1 atom stereocenters. The van der Waals surface area contributed by atoms with Crippen LogP contribution in [0, 0.1) is 6.92 Å². The van der Waals surface area contributed by atoms with E-state index in [1.807, 2.05) is 37.3 Å². The van der Waals surface area contributed by atoms with Crippen LogP contribution in [0.2, 0.25) is 5.02 Å². The second-order valence-corrected chi connectivity index (χ2v) is 7.92. The van der Waals surface area contributed by atoms with E-state index in [1.54, 1.807) is 0 Å². The molecule has 2 aromatic carbocycles. The van der Waals surface area contributed by atoms with Gasteiger partial charge < -0.3 is 14.9 Å². The molecule has 3 aromatic rings. The summed E-state index contributed by atoms with van der Waals surface area (Å²) < 4.78 is 5.50. The van der Waals surface area contributed by atoms with Crippen LogP contribution < -0.4 is 11.1 Å². The van der Waals surface area contributed by atoms with Gasteiger partial charge in [0.1, 0.15) is 11.3 Å². The number of rotatable bonds is 2. The molecule has 5 nitrogen and oxygen atoms in total. The minimum atomic E-state index is -0.283. The summed E-state index contributed by atoms with van der Waals surface area (Å²) in [5.74, 6) is 0.161. The lowest BCUT2D eigenvalue weighted by Crippen LogP contribution is -2.10. The number of fused-ring (bicyclic) bond motifs is 3. The van der Waals surface area contributed by atoms with Crippen molar-refractivity contribution in [3.05, 3.63) is 73.6 Å². The van der Waals surface area contributed by atoms with Gasteiger partial charge in [-0.1, -0.05) is 23.7 Å². The first kappa shape index (κ1) is 17.3. The highest BCUT2D eigenvalue weighted by atomic mass is 35.5. The van der Waals surface area contributed by atoms with E-state index in [1.165, 1.54) is 0 Å². The van der Waals surface area contributed by atoms with E-state index < -0.39 is 0 Å². The summed E-state index contributed by atoms with van der Waals surface area (Å²) in [4.78, 5) is 12.2. The summed E-state index contributed by atoms with van der Waals surface area (Å²) in [6, 6.07) is 9.55. The van der Waals surface area contributed by atoms with Crippen molar-refractivity contribution in [2.75, 3.05) is 0 Å². The normalized spacial score (nSPS) is 18.2. The molecule has 1 aliphatic carbocycles. The predicted octanol–water partition coefficient (Wildman–Crippen LogP) is 4.39. The third kappa shape index (κ3) is 2.61. The van der Waals surface area contributed by atoms with Gasteiger partial charge in [0.25, 0.3) is 0 Å². The van der Waals surface area contributed by atoms with E-state index in [9.17, 15) is 9.90 Å². The lowest BCUT2D eigenvalue weighted by Gasteiger charge is -2.14. The van der Waals surface area contributed by atoms with Crippen LogP contribution in [-0.4, -0.2) is 10.8 Å². The van der Waals surface area contributed by atoms with Crippen LogP contribution in [0.1, 0.15) is 46.7 Å². The van der Waals surface area contributed by atoms with Crippen molar-refractivity contribution in [3.8, 4) is 5.75 Å². The third-order valence-electron chi connectivity index (χ3n) is 5.74. The van der Waals surface area contributed by atoms with Crippen molar-refractivity contribution in [1.29, 1.82) is 0 Å². The van der Waals surface area contributed by atoms with Crippen molar-refractivity contribution in [2.24, 2.45) is 5.10 Å². The van der Waals surface area contributed by atoms with Crippen LogP contribution in [0.15, 0.2) is 44.6 Å². The molecule has 0 saturated heterocycles. The quantitative estimate of drug-likeness (QED) is 0.632. The van der Waals surface area contributed by atoms with Gasteiger partial charge in [-0.15, -0.1) is 0 Å². The van der Waals surface area contributed by atoms with Crippen molar-refractivity contribution in [2.45, 2.75) is 38.6 Å². The Morgan fingerprint density at radius 3 is 2.75 bits per heavy atom. The summed E-state index contributed by atoms with van der Waals surface area (Å²) in [7, 11) is 0. The summed E-state index contributed by atoms with van der Waals surface area (Å²) in [5.41, 5.74) is 8.40. The Labute approximate surface area is 166 Å². The fourth-order valence-electron chi connectivity index (χ4n) is 4.40. The molecular formula is C22H19ClN2O3. The number of aryl methyl sites for hydroxylation is 2. The molecule has 1 aliphatic heterocycles. The van der Waals surface area contributed by atoms with Gasteiger partial charge in [0.05, 0.1) is 17.1 Å². The Kier molecular flexibility index (Phi) is 3.95. The Balaban J connectivity index is 1.59. The average Bonchev–Trinajstić information content (AvgIpc) is 3.32. The topological polar surface area (TPSA) is 74.8 Å². The van der Waals surface area contributed by atoms with Crippen molar-refractivity contribution < 1.29 is 9.52 Å². The Morgan fingerprint density at radius 1 is 1.21 bits per heavy atom. The fourth-order valence-corrected chi connectivity index (χ4v) is 4.52. The van der Waals surface area contributed by atoms with E-state index in [0.29, 0.717) is 34.4 Å². The van der Waals surface area contributed by atoms with Gasteiger partial charge in [-0.2, -0.15) is 5.10 Å². The fraction of sp³-hybridized carbons (Fsp3) is 0.273. The van der Waals surface area contributed by atoms with E-state index in [0.717, 1.165) is 40.8 Å². The van der Waals surface area contributed by atoms with E-state index in [-0.39, 0.29) is 17.4 Å². The number of phenolic OH excluding ortho intramolecular Hbond substituents is 1. The molecule has 1 aromatic heterocycles. The van der Waals surface area contributed by atoms with Crippen LogP contribution in [0.5, 0.6) is 5.75 Å². The zero-order valence-electron chi connectivity index (χ0n) is 15.4. The monoisotopic (exact) mass is 394 g/mol. The molecule has 0 saturated carbocycles. The molecule has 2 heterocycles. The lowest BCUT2D eigenvalue weighted by molar-refractivity contribution is 0.476. The van der Waals surface area contributed by atoms with E-state index in [2.05, 4.69) is 10.5 Å². The van der Waals surface area contributed by atoms with Crippen LogP contribution in [-0.2, 0) is 12.8 Å². The molecular weight excluding hydrogens is 376 g/mol. The minimum Gasteiger partial charge on any atom is -0.506 e. The number of halogens is 1. The first-order valence-electron chi connectivity index (χ1n) is 9.42. The summed E-state index contributed by atoms with van der Waals surface area (Å²) >= 11 is 5.98. The maximum Gasteiger partial charge on any atom is 0.339 e. The number of nitrogens with zero attached hydrogens (tertiary/aromatic N) is 1. The minimum absolute atomic E-state index is 0.0289. The number of hydrogen-bond donors (Lipinski definition) is 2. The van der Waals surface area contributed by atoms with Gasteiger partial charge >= 0.3 is 5.63 Å². The number of phenols is 1. The molecule has 0 radical (unpaired) electrons.